The average molecular weight is 282 g/mol. The molecule has 1 unspecified atom stereocenters. The van der Waals surface area contributed by atoms with E-state index in [2.05, 4.69) is 26.1 Å². The first-order valence-electron chi connectivity index (χ1n) is 5.01. The predicted octanol–water partition coefficient (Wildman–Crippen LogP) is 2.56. The summed E-state index contributed by atoms with van der Waals surface area (Å²) in [4.78, 5) is 4.32. The molecule has 84 valence electrons. The van der Waals surface area contributed by atoms with Crippen LogP contribution < -0.4 is 5.73 Å². The van der Waals surface area contributed by atoms with Gasteiger partial charge in [-0.3, -0.25) is 0 Å². The van der Waals surface area contributed by atoms with E-state index in [1.165, 1.54) is 0 Å². The first-order valence-corrected chi connectivity index (χ1v) is 5.80. The highest BCUT2D eigenvalue weighted by Crippen LogP contribution is 2.27. The Morgan fingerprint density at radius 1 is 1.44 bits per heavy atom. The summed E-state index contributed by atoms with van der Waals surface area (Å²) in [6, 6.07) is 7.73. The fraction of sp³-hybridized carbons (Fsp3) is 0.273. The van der Waals surface area contributed by atoms with E-state index >= 15 is 0 Å². The van der Waals surface area contributed by atoms with Gasteiger partial charge in [-0.25, -0.2) is 0 Å². The van der Waals surface area contributed by atoms with E-state index in [1.54, 1.807) is 0 Å². The summed E-state index contributed by atoms with van der Waals surface area (Å²) in [7, 11) is 0. The van der Waals surface area contributed by atoms with Crippen molar-refractivity contribution in [1.82, 2.24) is 10.1 Å². The summed E-state index contributed by atoms with van der Waals surface area (Å²) in [5.74, 6) is 1.27. The molecule has 2 aromatic rings. The number of halogens is 1. The Labute approximate surface area is 102 Å². The topological polar surface area (TPSA) is 64.9 Å². The van der Waals surface area contributed by atoms with Crippen LogP contribution in [0.4, 0.5) is 0 Å². The second-order valence-corrected chi connectivity index (χ2v) is 4.43. The van der Waals surface area contributed by atoms with Gasteiger partial charge >= 0.3 is 0 Å². The van der Waals surface area contributed by atoms with Crippen molar-refractivity contribution in [2.24, 2.45) is 5.73 Å². The molecule has 5 heteroatoms. The van der Waals surface area contributed by atoms with Gasteiger partial charge in [0.25, 0.3) is 5.89 Å². The lowest BCUT2D eigenvalue weighted by Crippen LogP contribution is -2.10. The molecule has 1 aromatic heterocycles. The molecule has 0 amide bonds. The third kappa shape index (κ3) is 2.15. The van der Waals surface area contributed by atoms with Gasteiger partial charge in [-0.1, -0.05) is 24.2 Å². The minimum Gasteiger partial charge on any atom is -0.334 e. The molecule has 2 N–H and O–H groups in total. The number of hydrogen-bond donors (Lipinski definition) is 1. The fourth-order valence-corrected chi connectivity index (χ4v) is 1.74. The van der Waals surface area contributed by atoms with Crippen LogP contribution in [-0.2, 0) is 0 Å². The fourth-order valence-electron chi connectivity index (χ4n) is 1.28. The highest BCUT2D eigenvalue weighted by Gasteiger charge is 2.14. The van der Waals surface area contributed by atoms with Crippen molar-refractivity contribution in [3.8, 4) is 11.5 Å². The molecule has 0 aliphatic rings. The molecular weight excluding hydrogens is 270 g/mol. The van der Waals surface area contributed by atoms with Crippen LogP contribution in [0, 0.1) is 0 Å². The maximum absolute atomic E-state index is 5.55. The van der Waals surface area contributed by atoms with Crippen molar-refractivity contribution in [2.45, 2.75) is 12.8 Å². The van der Waals surface area contributed by atoms with Crippen molar-refractivity contribution < 1.29 is 4.52 Å². The van der Waals surface area contributed by atoms with Gasteiger partial charge in [0, 0.05) is 16.9 Å². The van der Waals surface area contributed by atoms with Crippen molar-refractivity contribution in [3.05, 3.63) is 34.6 Å². The van der Waals surface area contributed by atoms with Crippen molar-refractivity contribution in [3.63, 3.8) is 0 Å². The molecule has 1 heterocycles. The largest absolute Gasteiger partial charge is 0.334 e. The normalized spacial score (nSPS) is 12.7. The highest BCUT2D eigenvalue weighted by atomic mass is 79.9. The number of nitrogens with zero attached hydrogens (tertiary/aromatic N) is 2. The molecule has 0 bridgehead atoms. The zero-order valence-electron chi connectivity index (χ0n) is 8.85. The number of nitrogens with two attached hydrogens (primary N) is 1. The van der Waals surface area contributed by atoms with Crippen molar-refractivity contribution in [2.75, 3.05) is 6.54 Å². The molecule has 0 saturated carbocycles. The number of rotatable bonds is 3. The van der Waals surface area contributed by atoms with E-state index in [0.717, 1.165) is 10.0 Å². The molecule has 2 rings (SSSR count). The lowest BCUT2D eigenvalue weighted by molar-refractivity contribution is 0.417. The van der Waals surface area contributed by atoms with Crippen molar-refractivity contribution >= 4 is 15.9 Å². The van der Waals surface area contributed by atoms with Crippen LogP contribution in [0.25, 0.3) is 11.5 Å². The lowest BCUT2D eigenvalue weighted by atomic mass is 10.2. The van der Waals surface area contributed by atoms with Crippen LogP contribution >= 0.6 is 15.9 Å². The first-order chi connectivity index (χ1) is 7.72. The summed E-state index contributed by atoms with van der Waals surface area (Å²) in [6.45, 7) is 2.48. The quantitative estimate of drug-likeness (QED) is 0.939. The van der Waals surface area contributed by atoms with Crippen LogP contribution in [0.5, 0.6) is 0 Å². The van der Waals surface area contributed by atoms with Gasteiger partial charge in [-0.2, -0.15) is 4.98 Å². The van der Waals surface area contributed by atoms with Gasteiger partial charge in [0.2, 0.25) is 0 Å². The summed E-state index contributed by atoms with van der Waals surface area (Å²) in [6.07, 6.45) is 0. The van der Waals surface area contributed by atoms with E-state index in [1.807, 2.05) is 31.2 Å². The van der Waals surface area contributed by atoms with Crippen LogP contribution in [0.15, 0.2) is 33.3 Å². The van der Waals surface area contributed by atoms with Gasteiger partial charge < -0.3 is 10.3 Å². The van der Waals surface area contributed by atoms with Gasteiger partial charge in [0.05, 0.1) is 5.56 Å². The Morgan fingerprint density at radius 3 is 2.88 bits per heavy atom. The standard InChI is InChI=1S/C11H12BrN3O/c1-7(6-13)10-14-11(16-15-10)8-4-2-3-5-9(8)12/h2-5,7H,6,13H2,1H3. The SMILES string of the molecule is CC(CN)c1noc(-c2ccccc2Br)n1. The van der Waals surface area contributed by atoms with Gasteiger partial charge in [-0.05, 0) is 28.1 Å². The zero-order chi connectivity index (χ0) is 11.5. The Bertz CT molecular complexity index is 484. The molecule has 0 aliphatic carbocycles. The van der Waals surface area contributed by atoms with Crippen LogP contribution in [-0.4, -0.2) is 16.7 Å². The second kappa shape index (κ2) is 4.76. The summed E-state index contributed by atoms with van der Waals surface area (Å²) < 4.78 is 6.14. The van der Waals surface area contributed by atoms with E-state index < -0.39 is 0 Å². The van der Waals surface area contributed by atoms with E-state index in [-0.39, 0.29) is 5.92 Å². The average Bonchev–Trinajstić information content (AvgIpc) is 2.78. The molecule has 0 radical (unpaired) electrons. The molecule has 16 heavy (non-hydrogen) atoms. The number of hydrogen-bond acceptors (Lipinski definition) is 4. The zero-order valence-corrected chi connectivity index (χ0v) is 10.4. The summed E-state index contributed by atoms with van der Waals surface area (Å²) in [5, 5.41) is 3.92. The smallest absolute Gasteiger partial charge is 0.259 e. The Balaban J connectivity index is 2.35. The number of aromatic nitrogens is 2. The first kappa shape index (κ1) is 11.3. The molecule has 1 atom stereocenters. The van der Waals surface area contributed by atoms with E-state index in [9.17, 15) is 0 Å². The Kier molecular flexibility index (Phi) is 3.36. The van der Waals surface area contributed by atoms with Crippen LogP contribution in [0.3, 0.4) is 0 Å². The molecule has 0 fully saturated rings. The molecule has 0 spiro atoms. The third-order valence-electron chi connectivity index (χ3n) is 2.34. The minimum absolute atomic E-state index is 0.111. The van der Waals surface area contributed by atoms with Crippen LogP contribution in [0.2, 0.25) is 0 Å². The third-order valence-corrected chi connectivity index (χ3v) is 3.03. The Hall–Kier alpha value is -1.20. The lowest BCUT2D eigenvalue weighted by Gasteiger charge is -1.99. The van der Waals surface area contributed by atoms with Gasteiger partial charge in [-0.15, -0.1) is 0 Å². The van der Waals surface area contributed by atoms with Gasteiger partial charge in [0.15, 0.2) is 5.82 Å². The van der Waals surface area contributed by atoms with Gasteiger partial charge in [0.1, 0.15) is 0 Å². The van der Waals surface area contributed by atoms with Crippen molar-refractivity contribution in [1.29, 1.82) is 0 Å². The maximum Gasteiger partial charge on any atom is 0.259 e. The molecule has 4 nitrogen and oxygen atoms in total. The summed E-state index contributed by atoms with van der Waals surface area (Å²) in [5.41, 5.74) is 6.44. The monoisotopic (exact) mass is 281 g/mol. The Morgan fingerprint density at radius 2 is 2.19 bits per heavy atom. The maximum atomic E-state index is 5.55. The summed E-state index contributed by atoms with van der Waals surface area (Å²) >= 11 is 3.44. The molecule has 0 saturated heterocycles. The highest BCUT2D eigenvalue weighted by molar-refractivity contribution is 9.10. The molecule has 0 aliphatic heterocycles. The van der Waals surface area contributed by atoms with E-state index in [4.69, 9.17) is 10.3 Å². The second-order valence-electron chi connectivity index (χ2n) is 3.57. The van der Waals surface area contributed by atoms with Crippen LogP contribution in [0.1, 0.15) is 18.7 Å². The molecule has 1 aromatic carbocycles. The minimum atomic E-state index is 0.111. The van der Waals surface area contributed by atoms with E-state index in [0.29, 0.717) is 18.3 Å². The predicted molar refractivity (Wildman–Crippen MR) is 64.9 cm³/mol. The molecular formula is C11H12BrN3O. The number of benzene rings is 1.